The molecule has 10 heteroatoms. The number of aliphatic carboxylic acids is 3. The molecule has 6 aromatic rings. The molecule has 217 valence electrons. The van der Waals surface area contributed by atoms with E-state index in [1.165, 1.54) is 0 Å². The van der Waals surface area contributed by atoms with Crippen LogP contribution in [0.15, 0.2) is 109 Å². The Hall–Kier alpha value is -4.12. The molecule has 0 unspecified atom stereocenters. The van der Waals surface area contributed by atoms with E-state index in [0.29, 0.717) is 17.1 Å². The summed E-state index contributed by atoms with van der Waals surface area (Å²) in [5, 5.41) is 28.9. The molecule has 0 fully saturated rings. The van der Waals surface area contributed by atoms with Gasteiger partial charge in [-0.25, -0.2) is 0 Å². The topological polar surface area (TPSA) is 151 Å². The monoisotopic (exact) mass is 714 g/mol. The summed E-state index contributed by atoms with van der Waals surface area (Å²) in [5.41, 5.74) is 4.30. The summed E-state index contributed by atoms with van der Waals surface area (Å²) in [5.74, 6) is -2.56. The SMILES string of the molecule is O=C(O)Cc1ccc2ccccc2n1.O=C(O)Cc1ccc2ccccc2n1.O=C(O)Cc1ccc2ccccc2n1.[Eu]. The Morgan fingerprint density at radius 1 is 0.419 bits per heavy atom. The van der Waals surface area contributed by atoms with E-state index in [4.69, 9.17) is 15.3 Å². The molecule has 1 radical (unpaired) electrons. The zero-order valence-corrected chi connectivity index (χ0v) is 25.2. The van der Waals surface area contributed by atoms with Crippen molar-refractivity contribution >= 4 is 50.6 Å². The maximum Gasteiger partial charge on any atom is 0.309 e. The zero-order chi connectivity index (χ0) is 29.9. The number of carboxylic acid groups (broad SMARTS) is 3. The number of pyridine rings is 3. The average molecular weight is 714 g/mol. The minimum absolute atomic E-state index is 0. The minimum atomic E-state index is -0.854. The number of fused-ring (bicyclic) bond motifs is 3. The first-order chi connectivity index (χ1) is 20.3. The van der Waals surface area contributed by atoms with Crippen LogP contribution in [0.2, 0.25) is 0 Å². The molecule has 0 aliphatic rings. The molecule has 3 N–H and O–H groups in total. The Labute approximate surface area is 287 Å². The van der Waals surface area contributed by atoms with E-state index >= 15 is 0 Å². The molecular weight excluding hydrogens is 686 g/mol. The van der Waals surface area contributed by atoms with Crippen LogP contribution < -0.4 is 0 Å². The van der Waals surface area contributed by atoms with Gasteiger partial charge in [0.15, 0.2) is 0 Å². The van der Waals surface area contributed by atoms with Crippen molar-refractivity contribution in [1.82, 2.24) is 15.0 Å². The van der Waals surface area contributed by atoms with Crippen LogP contribution in [0.25, 0.3) is 32.7 Å². The van der Waals surface area contributed by atoms with E-state index in [0.717, 1.165) is 32.7 Å². The first-order valence-corrected chi connectivity index (χ1v) is 13.0. The largest absolute Gasteiger partial charge is 0.481 e. The maximum atomic E-state index is 10.5. The standard InChI is InChI=1S/3C11H9NO2.Eu/c3*13-11(14)7-9-6-5-8-3-1-2-4-10(8)12-9;/h3*1-6H,7H2,(H,13,14);. The number of rotatable bonds is 6. The maximum absolute atomic E-state index is 10.5. The Kier molecular flexibility index (Phi) is 12.8. The van der Waals surface area contributed by atoms with Crippen LogP contribution in [-0.4, -0.2) is 48.2 Å². The molecule has 6 rings (SSSR count). The fourth-order valence-electron chi connectivity index (χ4n) is 4.08. The van der Waals surface area contributed by atoms with Crippen LogP contribution in [-0.2, 0) is 33.6 Å². The number of hydrogen-bond donors (Lipinski definition) is 3. The first kappa shape index (κ1) is 33.4. The van der Waals surface area contributed by atoms with E-state index < -0.39 is 17.9 Å². The van der Waals surface area contributed by atoms with Gasteiger partial charge in [0.1, 0.15) is 0 Å². The third kappa shape index (κ3) is 10.6. The van der Waals surface area contributed by atoms with Crippen molar-refractivity contribution in [3.05, 3.63) is 126 Å². The summed E-state index contributed by atoms with van der Waals surface area (Å²) >= 11 is 0. The number of benzene rings is 3. The molecule has 0 atom stereocenters. The van der Waals surface area contributed by atoms with Gasteiger partial charge in [0, 0.05) is 65.5 Å². The Balaban J connectivity index is 0.000000175. The van der Waals surface area contributed by atoms with E-state index in [1.807, 2.05) is 91.0 Å². The van der Waals surface area contributed by atoms with Gasteiger partial charge in [0.25, 0.3) is 0 Å². The summed E-state index contributed by atoms with van der Waals surface area (Å²) in [6, 6.07) is 33.8. The minimum Gasteiger partial charge on any atom is -0.481 e. The number of carbonyl (C=O) groups is 3. The van der Waals surface area contributed by atoms with Gasteiger partial charge in [0.2, 0.25) is 0 Å². The average Bonchev–Trinajstić information content (AvgIpc) is 2.97. The van der Waals surface area contributed by atoms with Crippen LogP contribution in [0.4, 0.5) is 0 Å². The van der Waals surface area contributed by atoms with Gasteiger partial charge in [-0.1, -0.05) is 72.8 Å². The first-order valence-electron chi connectivity index (χ1n) is 13.0. The summed E-state index contributed by atoms with van der Waals surface area (Å²) in [6.45, 7) is 0. The molecule has 9 nitrogen and oxygen atoms in total. The summed E-state index contributed by atoms with van der Waals surface area (Å²) < 4.78 is 0. The van der Waals surface area contributed by atoms with Crippen LogP contribution in [0.1, 0.15) is 17.1 Å². The van der Waals surface area contributed by atoms with Crippen molar-refractivity contribution in [2.24, 2.45) is 0 Å². The Morgan fingerprint density at radius 3 is 0.930 bits per heavy atom. The van der Waals surface area contributed by atoms with Gasteiger partial charge < -0.3 is 15.3 Å². The van der Waals surface area contributed by atoms with Crippen LogP contribution in [0, 0.1) is 49.4 Å². The zero-order valence-electron chi connectivity index (χ0n) is 22.8. The van der Waals surface area contributed by atoms with Crippen LogP contribution in [0.3, 0.4) is 0 Å². The Bertz CT molecular complexity index is 1660. The second kappa shape index (κ2) is 16.5. The Morgan fingerprint density at radius 2 is 0.674 bits per heavy atom. The molecule has 3 aromatic carbocycles. The molecule has 0 aliphatic carbocycles. The van der Waals surface area contributed by atoms with E-state index in [1.54, 1.807) is 18.2 Å². The van der Waals surface area contributed by atoms with Crippen molar-refractivity contribution in [2.45, 2.75) is 19.3 Å². The van der Waals surface area contributed by atoms with Crippen molar-refractivity contribution in [3.63, 3.8) is 0 Å². The van der Waals surface area contributed by atoms with E-state index in [-0.39, 0.29) is 68.6 Å². The summed E-state index contributed by atoms with van der Waals surface area (Å²) in [7, 11) is 0. The molecule has 43 heavy (non-hydrogen) atoms. The second-order valence-corrected chi connectivity index (χ2v) is 9.20. The predicted octanol–water partition coefficient (Wildman–Crippen LogP) is 5.59. The predicted molar refractivity (Wildman–Crippen MR) is 159 cm³/mol. The van der Waals surface area contributed by atoms with Gasteiger partial charge in [-0.3, -0.25) is 29.3 Å². The molecule has 0 saturated heterocycles. The number of aromatic nitrogens is 3. The van der Waals surface area contributed by atoms with Crippen molar-refractivity contribution in [2.75, 3.05) is 0 Å². The number of hydrogen-bond acceptors (Lipinski definition) is 6. The fraction of sp³-hybridized carbons (Fsp3) is 0.0909. The fourth-order valence-corrected chi connectivity index (χ4v) is 4.08. The molecule has 0 spiro atoms. The number of carboxylic acids is 3. The number of nitrogens with zero attached hydrogens (tertiary/aromatic N) is 3. The number of para-hydroxylation sites is 3. The third-order valence-electron chi connectivity index (χ3n) is 5.97. The van der Waals surface area contributed by atoms with E-state index in [2.05, 4.69) is 15.0 Å². The normalized spacial score (nSPS) is 10.0. The molecular formula is C33H27EuN3O6. The van der Waals surface area contributed by atoms with Gasteiger partial charge in [-0.05, 0) is 36.4 Å². The molecule has 3 heterocycles. The molecule has 0 amide bonds. The van der Waals surface area contributed by atoms with E-state index in [9.17, 15) is 14.4 Å². The van der Waals surface area contributed by atoms with Gasteiger partial charge in [-0.15, -0.1) is 0 Å². The summed E-state index contributed by atoms with van der Waals surface area (Å²) in [6.07, 6.45) is -0.0689. The molecule has 0 saturated carbocycles. The van der Waals surface area contributed by atoms with Gasteiger partial charge in [0.05, 0.1) is 52.9 Å². The quantitative estimate of drug-likeness (QED) is 0.201. The third-order valence-corrected chi connectivity index (χ3v) is 5.97. The molecule has 0 aliphatic heterocycles. The van der Waals surface area contributed by atoms with Gasteiger partial charge in [-0.2, -0.15) is 0 Å². The van der Waals surface area contributed by atoms with Crippen LogP contribution in [0.5, 0.6) is 0 Å². The van der Waals surface area contributed by atoms with Crippen molar-refractivity contribution < 1.29 is 79.1 Å². The smallest absolute Gasteiger partial charge is 0.309 e. The summed E-state index contributed by atoms with van der Waals surface area (Å²) in [4.78, 5) is 44.1. The van der Waals surface area contributed by atoms with Crippen LogP contribution >= 0.6 is 0 Å². The molecule has 0 bridgehead atoms. The second-order valence-electron chi connectivity index (χ2n) is 9.20. The van der Waals surface area contributed by atoms with Crippen molar-refractivity contribution in [1.29, 1.82) is 0 Å². The van der Waals surface area contributed by atoms with Gasteiger partial charge >= 0.3 is 17.9 Å². The molecule has 3 aromatic heterocycles. The van der Waals surface area contributed by atoms with Crippen molar-refractivity contribution in [3.8, 4) is 0 Å².